The first kappa shape index (κ1) is 104. The van der Waals surface area contributed by atoms with Crippen LogP contribution in [0.1, 0.15) is 114 Å². The number of piperazine rings is 3. The monoisotopic (exact) mass is 2030 g/mol. The van der Waals surface area contributed by atoms with E-state index in [0.717, 1.165) is 69.8 Å². The number of nitrogens with one attached hydrogen (secondary N) is 1. The molecule has 4 N–H and O–H groups in total. The predicted molar refractivity (Wildman–Crippen MR) is 553 cm³/mol. The van der Waals surface area contributed by atoms with Crippen LogP contribution in [-0.2, 0) is 24.0 Å². The number of aromatic nitrogens is 6. The van der Waals surface area contributed by atoms with E-state index in [1.54, 1.807) is 86.1 Å². The number of aromatic hydroxyl groups is 3. The Kier molecular flexibility index (Phi) is 28.6. The maximum absolute atomic E-state index is 17.4. The van der Waals surface area contributed by atoms with Crippen molar-refractivity contribution in [1.29, 1.82) is 0 Å². The lowest BCUT2D eigenvalue weighted by Crippen LogP contribution is -2.71. The van der Waals surface area contributed by atoms with Gasteiger partial charge in [0.1, 0.15) is 81.3 Å². The zero-order valence-electron chi connectivity index (χ0n) is 84.8. The van der Waals surface area contributed by atoms with Gasteiger partial charge in [0.2, 0.25) is 17.7 Å². The highest BCUT2D eigenvalue weighted by Gasteiger charge is 2.53. The summed E-state index contributed by atoms with van der Waals surface area (Å²) in [5, 5.41) is 35.1. The molecule has 148 heavy (non-hydrogen) atoms. The normalized spacial score (nSPS) is 18.1. The average molecular weight is 2040 g/mol. The van der Waals surface area contributed by atoms with Crippen molar-refractivity contribution in [1.82, 2.24) is 58.5 Å². The Hall–Kier alpha value is -15.2. The van der Waals surface area contributed by atoms with Crippen molar-refractivity contribution in [3.8, 4) is 67.7 Å². The molecule has 7 aliphatic heterocycles. The van der Waals surface area contributed by atoms with Crippen LogP contribution < -0.4 is 51.4 Å². The minimum atomic E-state index is -1.28. The first-order valence-electron chi connectivity index (χ1n) is 48.9. The summed E-state index contributed by atoms with van der Waals surface area (Å²) in [7, 11) is 7.46. The summed E-state index contributed by atoms with van der Waals surface area (Å²) in [6, 6.07) is 14.3. The van der Waals surface area contributed by atoms with Crippen LogP contribution >= 0.6 is 0 Å². The van der Waals surface area contributed by atoms with Gasteiger partial charge >= 0.3 is 0 Å². The summed E-state index contributed by atoms with van der Waals surface area (Å²) in [6.45, 7) is 36.0. The molecule has 6 aromatic carbocycles. The van der Waals surface area contributed by atoms with Crippen LogP contribution in [-0.4, -0.2) is 254 Å². The molecule has 0 bridgehead atoms. The molecule has 6 unspecified atom stereocenters. The Bertz CT molecular complexity index is 7680. The number of benzene rings is 6. The topological polar surface area (TPSA) is 298 Å². The highest BCUT2D eigenvalue weighted by Crippen LogP contribution is 2.53. The van der Waals surface area contributed by atoms with Gasteiger partial charge in [-0.2, -0.15) is 0 Å². The number of phenols is 3. The van der Waals surface area contributed by atoms with Crippen molar-refractivity contribution in [3.05, 3.63) is 265 Å². The number of hydrogen-bond donors (Lipinski definition) is 4. The zero-order valence-corrected chi connectivity index (χ0v) is 84.8. The SMILES string of the molecule is C=CC(=O)N1CC2C(=O)N(C3CNC3)c3c(c4cc(F)c(-c5c(O)cccc5F)c(F)c4n(-c4c(C)ccnc4C(C)C)c3=O)N2CC1C.C=CC(=O)N1CC2C(=O)N(CCN(C)C)c3c(c4cc(F)c(-c5c(O)cccc5F)c(F)c4n(-c4c(C)ccnc4C(C)C)c3=O)N2CC1C.C=CC(=O)N1CC2CN(CCN(C)C)c3c(c4cc(F)c(-c5c(O)cccc5F)c(F)c4n(-c4c(C)ccnc4C(C)C)c3=O)N2CC1C. The van der Waals surface area contributed by atoms with E-state index >= 15 is 53.9 Å². The average Bonchev–Trinajstić information content (AvgIpc) is 0.705. The van der Waals surface area contributed by atoms with E-state index in [1.165, 1.54) is 54.5 Å². The summed E-state index contributed by atoms with van der Waals surface area (Å²) < 4.78 is 151. The van der Waals surface area contributed by atoms with Crippen LogP contribution in [0.3, 0.4) is 0 Å². The fraction of sp³-hybridized carbons (Fsp3) is 0.355. The smallest absolute Gasteiger partial charge is 0.281 e. The number of amides is 5. The molecular weight excluding hydrogens is 1920 g/mol. The standard InChI is InChI=1S/C37H39F3N6O4.C37H41F3N6O3.C36H35F3N6O4/c1-8-27(48)44-18-25-36(49)43(15-14-42(6)7)35-34(45(25)17-21(44)5)22-16-24(39)29(28-23(38)10-9-11-26(28)47)30(40)33(22)46(37(35)50)32-20(4)12-13-41-31(32)19(2)3;1-8-28(48)44-19-23-18-43(15-14-42(6)7)36-35(45(23)17-22(44)5)24-16-26(39)30(29-25(38)10-9-11-27(29)47)31(40)34(24)46(37(36)49)33-21(4)12-13-41-32(33)20(2)3;1-6-26(47)42-16-24-35(48)44(20-13-40-14-20)34-33(43(24)15-19(42)5)21-12-23(38)28(27-22(37)8-7-9-25(27)46)29(39)32(21)45(36(34)49)31-18(4)10-11-41-30(31)17(2)3/h8-13,16,19,21,25,47H,1,14-15,17-18H2,2-7H3;8-13,16,20,22-23,47H,1,14-15,17-19H2,2-7H3;6-12,17,19-20,24,40,46H,1,13-16H2,2-5H3. The van der Waals surface area contributed by atoms with Crippen LogP contribution in [0, 0.1) is 73.1 Å². The van der Waals surface area contributed by atoms with Gasteiger partial charge in [-0.3, -0.25) is 71.9 Å². The number of halogens is 9. The molecule has 5 amide bonds. The van der Waals surface area contributed by atoms with Gasteiger partial charge in [-0.15, -0.1) is 0 Å². The van der Waals surface area contributed by atoms with Crippen molar-refractivity contribution in [2.24, 2.45) is 0 Å². The fourth-order valence-corrected chi connectivity index (χ4v) is 21.8. The highest BCUT2D eigenvalue weighted by atomic mass is 19.2. The summed E-state index contributed by atoms with van der Waals surface area (Å²) >= 11 is 0. The summed E-state index contributed by atoms with van der Waals surface area (Å²) in [6.07, 6.45) is 8.37. The quantitative estimate of drug-likeness (QED) is 0.0432. The van der Waals surface area contributed by atoms with Crippen LogP contribution in [0.25, 0.3) is 83.2 Å². The number of nitrogens with zero attached hydrogens (tertiary/aromatic N) is 17. The second-order valence-electron chi connectivity index (χ2n) is 40.1. The molecule has 4 fully saturated rings. The van der Waals surface area contributed by atoms with E-state index in [2.05, 4.69) is 40.0 Å². The Labute approximate surface area is 847 Å². The molecule has 29 nitrogen and oxygen atoms in total. The number of anilines is 6. The number of carbonyl (C=O) groups is 5. The number of likely N-dealkylation sites (N-methyl/N-ethyl adjacent to an activating group) is 2. The van der Waals surface area contributed by atoms with E-state index < -0.39 is 162 Å². The maximum atomic E-state index is 17.4. The number of phenolic OH excluding ortho intramolecular Hbond substituents is 3. The minimum absolute atomic E-state index is 0.0346. The second-order valence-corrected chi connectivity index (χ2v) is 40.1. The largest absolute Gasteiger partial charge is 0.507 e. The van der Waals surface area contributed by atoms with E-state index in [0.29, 0.717) is 97.5 Å². The third-order valence-corrected chi connectivity index (χ3v) is 29.0. The molecule has 6 aromatic heterocycles. The summed E-state index contributed by atoms with van der Waals surface area (Å²) in [5.41, 5.74) is -2.76. The lowest BCUT2D eigenvalue weighted by atomic mass is 9.93. The molecule has 38 heteroatoms. The number of pyridine rings is 6. The van der Waals surface area contributed by atoms with Gasteiger partial charge in [0, 0.05) is 125 Å². The molecule has 13 heterocycles. The molecule has 774 valence electrons. The van der Waals surface area contributed by atoms with Crippen molar-refractivity contribution in [2.75, 3.05) is 143 Å². The Balaban J connectivity index is 0.000000151. The molecule has 0 spiro atoms. The van der Waals surface area contributed by atoms with Gasteiger partial charge in [-0.25, -0.2) is 39.5 Å². The molecular formula is C110H115F9N18O11. The second kappa shape index (κ2) is 40.6. The van der Waals surface area contributed by atoms with Crippen molar-refractivity contribution >= 4 is 96.4 Å². The van der Waals surface area contributed by atoms with Gasteiger partial charge < -0.3 is 69.6 Å². The predicted octanol–water partition coefficient (Wildman–Crippen LogP) is 15.2. The summed E-state index contributed by atoms with van der Waals surface area (Å²) in [4.78, 5) is 145. The van der Waals surface area contributed by atoms with Crippen molar-refractivity contribution in [3.63, 3.8) is 0 Å². The number of aryl methyl sites for hydroxylation is 3. The first-order valence-corrected chi connectivity index (χ1v) is 48.9. The third kappa shape index (κ3) is 17.5. The molecule has 0 radical (unpaired) electrons. The van der Waals surface area contributed by atoms with Gasteiger partial charge in [0.15, 0.2) is 17.5 Å². The van der Waals surface area contributed by atoms with Crippen molar-refractivity contribution in [2.45, 2.75) is 143 Å². The zero-order chi connectivity index (χ0) is 107. The van der Waals surface area contributed by atoms with Crippen LogP contribution in [0.4, 0.5) is 73.6 Å². The Morgan fingerprint density at radius 3 is 1.08 bits per heavy atom. The van der Waals surface area contributed by atoms with Gasteiger partial charge in [0.25, 0.3) is 28.5 Å². The van der Waals surface area contributed by atoms with E-state index in [1.807, 2.05) is 96.3 Å². The lowest BCUT2D eigenvalue weighted by molar-refractivity contribution is -0.132. The molecule has 7 aliphatic rings. The molecule has 19 rings (SSSR count). The molecule has 0 saturated carbocycles. The van der Waals surface area contributed by atoms with Crippen LogP contribution in [0.15, 0.2) is 162 Å². The van der Waals surface area contributed by atoms with Gasteiger partial charge in [-0.1, -0.05) is 79.5 Å². The fourth-order valence-electron chi connectivity index (χ4n) is 21.8. The van der Waals surface area contributed by atoms with Gasteiger partial charge in [-0.05, 0) is 195 Å². The number of carbonyl (C=O) groups excluding carboxylic acids is 5. The van der Waals surface area contributed by atoms with Crippen LogP contribution in [0.2, 0.25) is 0 Å². The molecule has 6 atom stereocenters. The minimum Gasteiger partial charge on any atom is -0.507 e. The van der Waals surface area contributed by atoms with Gasteiger partial charge in [0.05, 0.1) is 126 Å². The van der Waals surface area contributed by atoms with Crippen molar-refractivity contribution < 1.29 is 78.8 Å². The Morgan fingerprint density at radius 1 is 0.405 bits per heavy atom. The molecule has 0 aliphatic carbocycles. The number of rotatable bonds is 19. The lowest BCUT2D eigenvalue weighted by Gasteiger charge is -2.52. The van der Waals surface area contributed by atoms with E-state index in [-0.39, 0.29) is 153 Å². The molecule has 4 saturated heterocycles. The van der Waals surface area contributed by atoms with Crippen LogP contribution in [0.5, 0.6) is 17.2 Å². The summed E-state index contributed by atoms with van der Waals surface area (Å²) in [5.74, 6) is -14.9. The highest BCUT2D eigenvalue weighted by molar-refractivity contribution is 6.16. The maximum Gasteiger partial charge on any atom is 0.281 e. The Morgan fingerprint density at radius 2 is 0.736 bits per heavy atom. The van der Waals surface area contributed by atoms with E-state index in [9.17, 15) is 39.3 Å². The number of fused-ring (bicyclic) bond motifs is 15. The first-order chi connectivity index (χ1) is 70.3. The molecule has 12 aromatic rings. The third-order valence-electron chi connectivity index (χ3n) is 29.0. The van der Waals surface area contributed by atoms with E-state index in [4.69, 9.17) is 0 Å². The number of hydrogen-bond acceptors (Lipinski definition) is 21.